The highest BCUT2D eigenvalue weighted by molar-refractivity contribution is 7.99. The molecule has 1 unspecified atom stereocenters. The fourth-order valence-corrected chi connectivity index (χ4v) is 9.83. The molecule has 265 valence electrons. The Bertz CT molecular complexity index is 2780. The van der Waals surface area contributed by atoms with E-state index in [-0.39, 0.29) is 5.92 Å². The standard InChI is InChI=1S/C51H36BN2OS/c1-32-15-8-11-24-44(32)53-45-31-47-49(56-48-26-13-12-25-46(48)55-47)30-39(45)41-28-36(54(34-17-4-2-5-18-34)35-19-6-3-7-20-35)29-42-40-27-33-16-9-10-21-37(33)38-22-14-23-43(50(38)40)52-51(41)42/h2-26,28-31,40,53H,27H2,1H3. The number of ether oxygens (including phenoxy) is 1. The molecule has 2 aliphatic heterocycles. The Morgan fingerprint density at radius 2 is 1.29 bits per heavy atom. The molecule has 2 heterocycles. The predicted molar refractivity (Wildman–Crippen MR) is 234 cm³/mol. The molecule has 8 aromatic carbocycles. The summed E-state index contributed by atoms with van der Waals surface area (Å²) in [5, 5.41) is 3.89. The van der Waals surface area contributed by atoms with Gasteiger partial charge in [-0.25, -0.2) is 0 Å². The highest BCUT2D eigenvalue weighted by Gasteiger charge is 2.36. The molecular weight excluding hydrogens is 699 g/mol. The highest BCUT2D eigenvalue weighted by Crippen LogP contribution is 2.52. The van der Waals surface area contributed by atoms with Gasteiger partial charge in [0.2, 0.25) is 0 Å². The van der Waals surface area contributed by atoms with Crippen molar-refractivity contribution in [2.75, 3.05) is 10.2 Å². The molecule has 3 aliphatic rings. The number of aryl methyl sites for hydroxylation is 1. The SMILES string of the molecule is Cc1ccccc1Nc1cc2c(cc1-c1cc(N(c3ccccc3)c3ccccc3)cc3c1[B]c1cccc4c1C3Cc1ccccc1-4)Sc1ccccc1O2. The molecule has 0 fully saturated rings. The summed E-state index contributed by atoms with van der Waals surface area (Å²) in [4.78, 5) is 4.62. The van der Waals surface area contributed by atoms with Crippen molar-refractivity contribution in [3.8, 4) is 33.8 Å². The first kappa shape index (κ1) is 33.0. The normalized spacial score (nSPS) is 14.1. The molecule has 0 amide bonds. The molecule has 0 spiro atoms. The molecule has 0 saturated carbocycles. The molecule has 1 aliphatic carbocycles. The molecule has 1 radical (unpaired) electrons. The zero-order valence-electron chi connectivity index (χ0n) is 30.9. The van der Waals surface area contributed by atoms with E-state index in [1.165, 1.54) is 49.9 Å². The van der Waals surface area contributed by atoms with Crippen LogP contribution < -0.4 is 25.9 Å². The van der Waals surface area contributed by atoms with E-state index in [2.05, 4.69) is 194 Å². The van der Waals surface area contributed by atoms with Gasteiger partial charge in [-0.2, -0.15) is 0 Å². The van der Waals surface area contributed by atoms with E-state index in [0.717, 1.165) is 61.7 Å². The quantitative estimate of drug-likeness (QED) is 0.172. The van der Waals surface area contributed by atoms with Crippen molar-refractivity contribution >= 4 is 58.4 Å². The van der Waals surface area contributed by atoms with Crippen LogP contribution in [0.2, 0.25) is 0 Å². The maximum absolute atomic E-state index is 6.63. The Morgan fingerprint density at radius 3 is 2.11 bits per heavy atom. The summed E-state index contributed by atoms with van der Waals surface area (Å²) < 4.78 is 6.63. The molecular formula is C51H36BN2OS. The average molecular weight is 736 g/mol. The second kappa shape index (κ2) is 13.4. The smallest absolute Gasteiger partial charge is 0.193 e. The zero-order chi connectivity index (χ0) is 37.2. The summed E-state index contributed by atoms with van der Waals surface area (Å²) in [6.45, 7) is 2.16. The van der Waals surface area contributed by atoms with E-state index in [9.17, 15) is 0 Å². The Kier molecular flexibility index (Phi) is 7.89. The van der Waals surface area contributed by atoms with Crippen molar-refractivity contribution in [1.82, 2.24) is 0 Å². The zero-order valence-corrected chi connectivity index (χ0v) is 31.7. The fourth-order valence-electron chi connectivity index (χ4n) is 8.86. The van der Waals surface area contributed by atoms with Crippen LogP contribution in [-0.4, -0.2) is 7.28 Å². The first-order valence-corrected chi connectivity index (χ1v) is 20.1. The van der Waals surface area contributed by atoms with Crippen molar-refractivity contribution in [2.24, 2.45) is 0 Å². The summed E-state index contributed by atoms with van der Waals surface area (Å²) in [5.74, 6) is 1.94. The number of para-hydroxylation sites is 4. The molecule has 0 bridgehead atoms. The van der Waals surface area contributed by atoms with E-state index in [4.69, 9.17) is 4.74 Å². The number of anilines is 5. The van der Waals surface area contributed by atoms with Crippen LogP contribution in [0.5, 0.6) is 11.5 Å². The van der Waals surface area contributed by atoms with Crippen molar-refractivity contribution in [2.45, 2.75) is 29.1 Å². The maximum atomic E-state index is 6.63. The van der Waals surface area contributed by atoms with Gasteiger partial charge in [-0.05, 0) is 113 Å². The molecule has 11 rings (SSSR count). The van der Waals surface area contributed by atoms with Gasteiger partial charge >= 0.3 is 0 Å². The summed E-state index contributed by atoms with van der Waals surface area (Å²) in [6, 6.07) is 63.6. The maximum Gasteiger partial charge on any atom is 0.193 e. The van der Waals surface area contributed by atoms with E-state index in [0.29, 0.717) is 0 Å². The Balaban J connectivity index is 1.19. The minimum absolute atomic E-state index is 0.193. The van der Waals surface area contributed by atoms with Crippen LogP contribution in [0.15, 0.2) is 186 Å². The molecule has 0 aromatic heterocycles. The lowest BCUT2D eigenvalue weighted by molar-refractivity contribution is 0.455. The number of hydrogen-bond acceptors (Lipinski definition) is 4. The summed E-state index contributed by atoms with van der Waals surface area (Å²) in [6.07, 6.45) is 0.944. The lowest BCUT2D eigenvalue weighted by Crippen LogP contribution is -2.42. The third-order valence-electron chi connectivity index (χ3n) is 11.5. The summed E-state index contributed by atoms with van der Waals surface area (Å²) in [7, 11) is 2.45. The molecule has 56 heavy (non-hydrogen) atoms. The minimum atomic E-state index is 0.193. The summed E-state index contributed by atoms with van der Waals surface area (Å²) >= 11 is 1.77. The first-order chi connectivity index (χ1) is 27.7. The van der Waals surface area contributed by atoms with Gasteiger partial charge in [-0.1, -0.05) is 132 Å². The van der Waals surface area contributed by atoms with Crippen LogP contribution in [0.25, 0.3) is 22.3 Å². The molecule has 1 atom stereocenters. The topological polar surface area (TPSA) is 24.5 Å². The van der Waals surface area contributed by atoms with E-state index in [1.54, 1.807) is 11.8 Å². The van der Waals surface area contributed by atoms with E-state index < -0.39 is 0 Å². The number of nitrogens with zero attached hydrogens (tertiary/aromatic N) is 1. The Labute approximate surface area is 332 Å². The first-order valence-electron chi connectivity index (χ1n) is 19.3. The number of fused-ring (bicyclic) bond motifs is 6. The van der Waals surface area contributed by atoms with Crippen LogP contribution in [0.3, 0.4) is 0 Å². The number of rotatable bonds is 6. The summed E-state index contributed by atoms with van der Waals surface area (Å²) in [5.41, 5.74) is 18.3. The van der Waals surface area contributed by atoms with E-state index >= 15 is 0 Å². The molecule has 5 heteroatoms. The van der Waals surface area contributed by atoms with Gasteiger partial charge in [-0.15, -0.1) is 0 Å². The van der Waals surface area contributed by atoms with Crippen LogP contribution in [0.1, 0.15) is 28.2 Å². The molecule has 0 saturated heterocycles. The van der Waals surface area contributed by atoms with Gasteiger partial charge < -0.3 is 15.0 Å². The van der Waals surface area contributed by atoms with Gasteiger partial charge in [0.25, 0.3) is 0 Å². The third-order valence-corrected chi connectivity index (χ3v) is 12.6. The van der Waals surface area contributed by atoms with Crippen LogP contribution in [0, 0.1) is 6.92 Å². The van der Waals surface area contributed by atoms with Gasteiger partial charge in [0.15, 0.2) is 7.28 Å². The lowest BCUT2D eigenvalue weighted by atomic mass is 9.50. The largest absolute Gasteiger partial charge is 0.455 e. The van der Waals surface area contributed by atoms with Gasteiger partial charge in [0.05, 0.1) is 15.5 Å². The second-order valence-corrected chi connectivity index (χ2v) is 15.9. The van der Waals surface area contributed by atoms with E-state index in [1.807, 2.05) is 6.07 Å². The molecule has 1 N–H and O–H groups in total. The Morgan fingerprint density at radius 1 is 0.571 bits per heavy atom. The second-order valence-electron chi connectivity index (χ2n) is 14.8. The number of nitrogens with one attached hydrogen (secondary N) is 1. The number of hydrogen-bond donors (Lipinski definition) is 1. The van der Waals surface area contributed by atoms with Gasteiger partial charge in [0.1, 0.15) is 11.5 Å². The lowest BCUT2D eigenvalue weighted by Gasteiger charge is -2.37. The fraction of sp³-hybridized carbons (Fsp3) is 0.0588. The number of benzene rings is 8. The molecule has 8 aromatic rings. The third kappa shape index (κ3) is 5.53. The highest BCUT2D eigenvalue weighted by atomic mass is 32.2. The van der Waals surface area contributed by atoms with Crippen molar-refractivity contribution in [3.63, 3.8) is 0 Å². The monoisotopic (exact) mass is 735 g/mol. The van der Waals surface area contributed by atoms with Crippen molar-refractivity contribution < 1.29 is 4.74 Å². The van der Waals surface area contributed by atoms with Crippen LogP contribution >= 0.6 is 11.8 Å². The van der Waals surface area contributed by atoms with Gasteiger partial charge in [0, 0.05) is 40.3 Å². The average Bonchev–Trinajstić information content (AvgIpc) is 3.24. The van der Waals surface area contributed by atoms with Crippen molar-refractivity contribution in [1.29, 1.82) is 0 Å². The predicted octanol–water partition coefficient (Wildman–Crippen LogP) is 12.5. The molecule has 3 nitrogen and oxygen atoms in total. The minimum Gasteiger partial charge on any atom is -0.455 e. The Hall–Kier alpha value is -6.43. The van der Waals surface area contributed by atoms with Gasteiger partial charge in [-0.3, -0.25) is 0 Å². The van der Waals surface area contributed by atoms with Crippen LogP contribution in [-0.2, 0) is 6.42 Å². The van der Waals surface area contributed by atoms with Crippen molar-refractivity contribution in [3.05, 3.63) is 198 Å². The van der Waals surface area contributed by atoms with Crippen LogP contribution in [0.4, 0.5) is 28.4 Å².